The maximum atomic E-state index is 13.5. The molecule has 1 aromatic heterocycles. The number of hydrogen-bond acceptors (Lipinski definition) is 4. The molecule has 0 saturated heterocycles. The summed E-state index contributed by atoms with van der Waals surface area (Å²) < 4.78 is 46.3. The molecule has 1 aromatic carbocycles. The molecule has 0 unspecified atom stereocenters. The number of nitrogens with zero attached hydrogens (tertiary/aromatic N) is 3. The van der Waals surface area contributed by atoms with Gasteiger partial charge in [0.05, 0.1) is 0 Å². The Bertz CT molecular complexity index is 807. The fraction of sp³-hybridized carbons (Fsp3) is 0.524. The second-order valence-corrected chi connectivity index (χ2v) is 8.27. The van der Waals surface area contributed by atoms with Gasteiger partial charge in [0.1, 0.15) is 11.7 Å². The monoisotopic (exact) mass is 393 g/mol. The lowest BCUT2D eigenvalue weighted by Crippen LogP contribution is -2.21. The van der Waals surface area contributed by atoms with Crippen molar-refractivity contribution in [2.75, 3.05) is 11.9 Å². The van der Waals surface area contributed by atoms with Gasteiger partial charge in [-0.3, -0.25) is 0 Å². The summed E-state index contributed by atoms with van der Waals surface area (Å²) in [6, 6.07) is 7.46. The minimum Gasteiger partial charge on any atom is -0.460 e. The van der Waals surface area contributed by atoms with Crippen LogP contribution in [0.4, 0.5) is 24.7 Å². The highest BCUT2D eigenvalue weighted by Gasteiger charge is 2.37. The predicted molar refractivity (Wildman–Crippen MR) is 103 cm³/mol. The van der Waals surface area contributed by atoms with Gasteiger partial charge < -0.3 is 9.64 Å². The van der Waals surface area contributed by atoms with Gasteiger partial charge in [0.2, 0.25) is 0 Å². The van der Waals surface area contributed by atoms with Crippen molar-refractivity contribution in [3.8, 4) is 6.01 Å². The molecule has 0 radical (unpaired) electrons. The first kappa shape index (κ1) is 20.4. The molecule has 1 heterocycles. The van der Waals surface area contributed by atoms with Crippen LogP contribution in [0, 0.1) is 0 Å². The summed E-state index contributed by atoms with van der Waals surface area (Å²) in [6.07, 6.45) is 0.0956. The van der Waals surface area contributed by atoms with Gasteiger partial charge in [-0.25, -0.2) is 4.98 Å². The smallest absolute Gasteiger partial charge is 0.421 e. The van der Waals surface area contributed by atoms with E-state index in [0.29, 0.717) is 5.69 Å². The molecule has 7 heteroatoms. The zero-order valence-corrected chi connectivity index (χ0v) is 16.7. The molecule has 0 aliphatic heterocycles. The maximum absolute atomic E-state index is 13.5. The van der Waals surface area contributed by atoms with Crippen LogP contribution in [0.2, 0.25) is 0 Å². The normalized spacial score (nSPS) is 15.7. The summed E-state index contributed by atoms with van der Waals surface area (Å²) >= 11 is 0. The molecule has 2 aromatic rings. The fourth-order valence-corrected chi connectivity index (χ4v) is 3.33. The summed E-state index contributed by atoms with van der Waals surface area (Å²) in [5.41, 5.74) is 0.803. The van der Waals surface area contributed by atoms with Crippen LogP contribution in [0.1, 0.15) is 57.6 Å². The average molecular weight is 393 g/mol. The first-order valence-electron chi connectivity index (χ1n) is 9.51. The van der Waals surface area contributed by atoms with Crippen LogP contribution in [0.5, 0.6) is 6.01 Å². The highest BCUT2D eigenvalue weighted by molar-refractivity contribution is 5.63. The summed E-state index contributed by atoms with van der Waals surface area (Å²) in [6.45, 7) is 6.26. The second kappa shape index (κ2) is 7.60. The van der Waals surface area contributed by atoms with Crippen molar-refractivity contribution < 1.29 is 17.9 Å². The van der Waals surface area contributed by atoms with Crippen LogP contribution < -0.4 is 9.64 Å². The highest BCUT2D eigenvalue weighted by atomic mass is 19.4. The highest BCUT2D eigenvalue weighted by Crippen LogP contribution is 2.38. The number of hydrogen-bond donors (Lipinski definition) is 0. The van der Waals surface area contributed by atoms with E-state index in [2.05, 4.69) is 30.7 Å². The van der Waals surface area contributed by atoms with Crippen molar-refractivity contribution in [2.24, 2.45) is 0 Å². The molecule has 0 N–H and O–H groups in total. The number of benzene rings is 1. The number of rotatable bonds is 4. The summed E-state index contributed by atoms with van der Waals surface area (Å²) in [4.78, 5) is 9.36. The number of alkyl halides is 3. The van der Waals surface area contributed by atoms with Gasteiger partial charge in [-0.2, -0.15) is 18.2 Å². The van der Waals surface area contributed by atoms with Gasteiger partial charge in [-0.05, 0) is 48.8 Å². The number of aromatic nitrogens is 2. The molecule has 152 valence electrons. The van der Waals surface area contributed by atoms with Gasteiger partial charge in [0.15, 0.2) is 5.82 Å². The Morgan fingerprint density at radius 3 is 2.18 bits per heavy atom. The van der Waals surface area contributed by atoms with Crippen molar-refractivity contribution in [3.05, 3.63) is 41.6 Å². The lowest BCUT2D eigenvalue weighted by Gasteiger charge is -2.24. The van der Waals surface area contributed by atoms with Gasteiger partial charge in [-0.15, -0.1) is 0 Å². The van der Waals surface area contributed by atoms with Gasteiger partial charge in [0.25, 0.3) is 0 Å². The van der Waals surface area contributed by atoms with Crippen molar-refractivity contribution in [2.45, 2.75) is 64.1 Å². The van der Waals surface area contributed by atoms with Gasteiger partial charge in [-0.1, -0.05) is 32.9 Å². The Morgan fingerprint density at radius 1 is 1.04 bits per heavy atom. The van der Waals surface area contributed by atoms with Crippen LogP contribution >= 0.6 is 0 Å². The van der Waals surface area contributed by atoms with Gasteiger partial charge in [0, 0.05) is 18.9 Å². The van der Waals surface area contributed by atoms with E-state index in [0.717, 1.165) is 37.4 Å². The zero-order chi connectivity index (χ0) is 20.5. The standard InChI is InChI=1S/C21H26F3N3O/c1-20(2,3)14-9-11-15(12-10-14)27(4)18-17(21(22,23)24)13-25-19(26-18)28-16-7-5-6-8-16/h9-13,16H,5-8H2,1-4H3. The van der Waals surface area contributed by atoms with E-state index in [1.807, 2.05) is 12.1 Å². The molecule has 4 nitrogen and oxygen atoms in total. The average Bonchev–Trinajstić information content (AvgIpc) is 3.12. The lowest BCUT2D eigenvalue weighted by atomic mass is 9.87. The van der Waals surface area contributed by atoms with Crippen LogP contribution in [0.3, 0.4) is 0 Å². The van der Waals surface area contributed by atoms with Crippen molar-refractivity contribution >= 4 is 11.5 Å². The van der Waals surface area contributed by atoms with E-state index in [1.54, 1.807) is 19.2 Å². The Balaban J connectivity index is 1.94. The first-order valence-corrected chi connectivity index (χ1v) is 9.51. The maximum Gasteiger partial charge on any atom is 0.421 e. The Hall–Kier alpha value is -2.31. The molecule has 3 rings (SSSR count). The van der Waals surface area contributed by atoms with Crippen molar-refractivity contribution in [3.63, 3.8) is 0 Å². The van der Waals surface area contributed by atoms with E-state index >= 15 is 0 Å². The van der Waals surface area contributed by atoms with E-state index in [9.17, 15) is 13.2 Å². The molecule has 1 saturated carbocycles. The SMILES string of the molecule is CN(c1ccc(C(C)(C)C)cc1)c1nc(OC2CCCC2)ncc1C(F)(F)F. The third-order valence-corrected chi connectivity index (χ3v) is 5.06. The van der Waals surface area contributed by atoms with Crippen molar-refractivity contribution in [1.29, 1.82) is 0 Å². The predicted octanol–water partition coefficient (Wildman–Crippen LogP) is 5.88. The Morgan fingerprint density at radius 2 is 1.64 bits per heavy atom. The molecule has 1 fully saturated rings. The second-order valence-electron chi connectivity index (χ2n) is 8.27. The largest absolute Gasteiger partial charge is 0.460 e. The van der Waals surface area contributed by atoms with Crippen LogP contribution in [0.15, 0.2) is 30.5 Å². The van der Waals surface area contributed by atoms with Crippen LogP contribution in [0.25, 0.3) is 0 Å². The number of ether oxygens (including phenoxy) is 1. The Kier molecular flexibility index (Phi) is 5.55. The lowest BCUT2D eigenvalue weighted by molar-refractivity contribution is -0.137. The van der Waals surface area contributed by atoms with Crippen molar-refractivity contribution in [1.82, 2.24) is 9.97 Å². The summed E-state index contributed by atoms with van der Waals surface area (Å²) in [5, 5.41) is 0. The van der Waals surface area contributed by atoms with E-state index < -0.39 is 11.7 Å². The molecule has 0 amide bonds. The minimum absolute atomic E-state index is 0.00642. The molecule has 28 heavy (non-hydrogen) atoms. The van der Waals surface area contributed by atoms with Gasteiger partial charge >= 0.3 is 12.2 Å². The molecule has 1 aliphatic carbocycles. The third-order valence-electron chi connectivity index (χ3n) is 5.06. The number of halogens is 3. The number of anilines is 2. The molecule has 1 aliphatic rings. The van der Waals surface area contributed by atoms with Crippen LogP contribution in [-0.4, -0.2) is 23.1 Å². The van der Waals surface area contributed by atoms with E-state index in [-0.39, 0.29) is 23.3 Å². The molecular formula is C21H26F3N3O. The van der Waals surface area contributed by atoms with Crippen LogP contribution in [-0.2, 0) is 11.6 Å². The first-order chi connectivity index (χ1) is 13.1. The Labute approximate surface area is 163 Å². The zero-order valence-electron chi connectivity index (χ0n) is 16.7. The molecule has 0 spiro atoms. The summed E-state index contributed by atoms with van der Waals surface area (Å²) in [5.74, 6) is -0.209. The topological polar surface area (TPSA) is 38.2 Å². The quantitative estimate of drug-likeness (QED) is 0.650. The molecule has 0 bridgehead atoms. The molecular weight excluding hydrogens is 367 g/mol. The molecule has 0 atom stereocenters. The summed E-state index contributed by atoms with van der Waals surface area (Å²) in [7, 11) is 1.57. The minimum atomic E-state index is -4.55. The third kappa shape index (κ3) is 4.56. The fourth-order valence-electron chi connectivity index (χ4n) is 3.33. The van der Waals surface area contributed by atoms with E-state index in [4.69, 9.17) is 4.74 Å². The van der Waals surface area contributed by atoms with E-state index in [1.165, 1.54) is 4.90 Å².